The van der Waals surface area contributed by atoms with Crippen LogP contribution in [0.15, 0.2) is 59.3 Å². The van der Waals surface area contributed by atoms with Crippen LogP contribution in [0.1, 0.15) is 48.0 Å². The van der Waals surface area contributed by atoms with E-state index in [9.17, 15) is 4.79 Å². The van der Waals surface area contributed by atoms with Gasteiger partial charge in [-0.05, 0) is 49.0 Å². The number of carbonyl (C=O) groups is 1. The zero-order chi connectivity index (χ0) is 19.6. The number of allylic oxidation sites excluding steroid dienone is 9. The highest BCUT2D eigenvalue weighted by atomic mass is 16.1. The van der Waals surface area contributed by atoms with Gasteiger partial charge in [-0.15, -0.1) is 5.10 Å². The molecule has 6 heteroatoms. The minimum atomic E-state index is -0.298. The average molecular weight is 355 g/mol. The molecular formula is C20H29N5O. The number of hydrogen-bond acceptors (Lipinski definition) is 4. The van der Waals surface area contributed by atoms with E-state index in [0.29, 0.717) is 0 Å². The van der Waals surface area contributed by atoms with Crippen LogP contribution in [-0.4, -0.2) is 26.5 Å². The van der Waals surface area contributed by atoms with Crippen molar-refractivity contribution < 1.29 is 4.79 Å². The lowest BCUT2D eigenvalue weighted by Crippen LogP contribution is -2.11. The van der Waals surface area contributed by atoms with Gasteiger partial charge in [0.2, 0.25) is 0 Å². The van der Waals surface area contributed by atoms with Crippen LogP contribution >= 0.6 is 0 Å². The highest BCUT2D eigenvalue weighted by Gasteiger charge is 2.17. The molecule has 0 bridgehead atoms. The van der Waals surface area contributed by atoms with Crippen molar-refractivity contribution in [3.8, 4) is 0 Å². The number of rotatable bonds is 8. The summed E-state index contributed by atoms with van der Waals surface area (Å²) in [7, 11) is 0. The molecule has 0 atom stereocenters. The Kier molecular flexibility index (Phi) is 8.42. The zero-order valence-electron chi connectivity index (χ0n) is 16.5. The zero-order valence-corrected chi connectivity index (χ0v) is 16.5. The Labute approximate surface area is 155 Å². The van der Waals surface area contributed by atoms with E-state index >= 15 is 0 Å². The van der Waals surface area contributed by atoms with E-state index in [2.05, 4.69) is 78.8 Å². The van der Waals surface area contributed by atoms with Crippen molar-refractivity contribution >= 4 is 11.9 Å². The molecule has 0 fully saturated rings. The minimum absolute atomic E-state index is 0.152. The van der Waals surface area contributed by atoms with Crippen molar-refractivity contribution in [2.24, 2.45) is 5.41 Å². The molecule has 0 spiro atoms. The topological polar surface area (TPSA) is 83.6 Å². The van der Waals surface area contributed by atoms with E-state index in [-0.39, 0.29) is 17.3 Å². The van der Waals surface area contributed by atoms with E-state index in [1.54, 1.807) is 0 Å². The molecule has 0 saturated carbocycles. The third-order valence-electron chi connectivity index (χ3n) is 4.16. The van der Waals surface area contributed by atoms with Crippen LogP contribution in [0.3, 0.4) is 0 Å². The number of aromatic amines is 1. The Morgan fingerprint density at radius 1 is 1.19 bits per heavy atom. The van der Waals surface area contributed by atoms with Gasteiger partial charge in [-0.3, -0.25) is 10.1 Å². The second-order valence-electron chi connectivity index (χ2n) is 6.70. The maximum Gasteiger partial charge on any atom is 0.270 e. The maximum absolute atomic E-state index is 11.8. The summed E-state index contributed by atoms with van der Waals surface area (Å²) in [5.41, 5.74) is 3.45. The largest absolute Gasteiger partial charge is 0.288 e. The molecule has 0 radical (unpaired) electrons. The Balaban J connectivity index is 2.65. The number of hydrogen-bond donors (Lipinski definition) is 2. The van der Waals surface area contributed by atoms with Crippen LogP contribution in [0.4, 0.5) is 5.95 Å². The quantitative estimate of drug-likeness (QED) is 0.530. The molecule has 1 aromatic rings. The number of tetrazole rings is 1. The van der Waals surface area contributed by atoms with Crippen molar-refractivity contribution in [2.45, 2.75) is 48.0 Å². The number of H-pyrrole nitrogens is 1. The summed E-state index contributed by atoms with van der Waals surface area (Å²) < 4.78 is 0. The number of carbonyl (C=O) groups excluding carboxylic acids is 1. The number of nitrogens with zero attached hydrogens (tertiary/aromatic N) is 3. The number of amides is 1. The van der Waals surface area contributed by atoms with E-state index in [0.717, 1.165) is 17.6 Å². The first-order chi connectivity index (χ1) is 12.3. The van der Waals surface area contributed by atoms with Gasteiger partial charge in [0.15, 0.2) is 0 Å². The summed E-state index contributed by atoms with van der Waals surface area (Å²) >= 11 is 0. The SMILES string of the molecule is C\C=C(/C=C/C(C)=C/C=C/C(C)=C\C(=O)Nc1nn[nH]n1)C(C)(C)CC. The van der Waals surface area contributed by atoms with Crippen LogP contribution < -0.4 is 5.32 Å². The predicted octanol–water partition coefficient (Wildman–Crippen LogP) is 4.53. The molecule has 2 N–H and O–H groups in total. The first kappa shape index (κ1) is 21.3. The molecule has 1 amide bonds. The van der Waals surface area contributed by atoms with Crippen LogP contribution in [0.2, 0.25) is 0 Å². The lowest BCUT2D eigenvalue weighted by atomic mass is 9.81. The van der Waals surface area contributed by atoms with Crippen LogP contribution in [0, 0.1) is 5.41 Å². The van der Waals surface area contributed by atoms with E-state index in [4.69, 9.17) is 0 Å². The van der Waals surface area contributed by atoms with E-state index < -0.39 is 0 Å². The van der Waals surface area contributed by atoms with Gasteiger partial charge in [-0.2, -0.15) is 5.21 Å². The number of anilines is 1. The lowest BCUT2D eigenvalue weighted by Gasteiger charge is -2.24. The smallest absolute Gasteiger partial charge is 0.270 e. The average Bonchev–Trinajstić information content (AvgIpc) is 3.07. The van der Waals surface area contributed by atoms with Gasteiger partial charge in [0.05, 0.1) is 0 Å². The molecule has 0 aliphatic carbocycles. The normalized spacial score (nSPS) is 14.5. The van der Waals surface area contributed by atoms with Gasteiger partial charge >= 0.3 is 0 Å². The van der Waals surface area contributed by atoms with Crippen LogP contribution in [0.5, 0.6) is 0 Å². The summed E-state index contributed by atoms with van der Waals surface area (Å²) in [6, 6.07) is 0. The first-order valence-corrected chi connectivity index (χ1v) is 8.71. The Hall–Kier alpha value is -2.76. The summed E-state index contributed by atoms with van der Waals surface area (Å²) in [6.07, 6.45) is 14.8. The Morgan fingerprint density at radius 3 is 2.50 bits per heavy atom. The van der Waals surface area contributed by atoms with Gasteiger partial charge < -0.3 is 0 Å². The second-order valence-corrected chi connectivity index (χ2v) is 6.70. The summed E-state index contributed by atoms with van der Waals surface area (Å²) in [4.78, 5) is 11.8. The van der Waals surface area contributed by atoms with Crippen LogP contribution in [0.25, 0.3) is 0 Å². The van der Waals surface area contributed by atoms with Crippen molar-refractivity contribution in [1.82, 2.24) is 20.6 Å². The van der Waals surface area contributed by atoms with Crippen molar-refractivity contribution in [3.05, 3.63) is 59.3 Å². The fourth-order valence-electron chi connectivity index (χ4n) is 2.16. The molecule has 26 heavy (non-hydrogen) atoms. The highest BCUT2D eigenvalue weighted by molar-refractivity contribution is 5.98. The van der Waals surface area contributed by atoms with Gasteiger partial charge in [-0.25, -0.2) is 0 Å². The Morgan fingerprint density at radius 2 is 1.92 bits per heavy atom. The number of aromatic nitrogens is 4. The van der Waals surface area contributed by atoms with Crippen molar-refractivity contribution in [1.29, 1.82) is 0 Å². The van der Waals surface area contributed by atoms with Gasteiger partial charge in [0, 0.05) is 6.08 Å². The molecule has 1 rings (SSSR count). The molecule has 0 aliphatic heterocycles. The summed E-state index contributed by atoms with van der Waals surface area (Å²) in [5.74, 6) is -0.146. The summed E-state index contributed by atoms with van der Waals surface area (Å²) in [5, 5.41) is 15.5. The lowest BCUT2D eigenvalue weighted by molar-refractivity contribution is -0.112. The molecule has 140 valence electrons. The highest BCUT2D eigenvalue weighted by Crippen LogP contribution is 2.30. The standard InChI is InChI=1S/C20H29N5O/c1-7-17(20(5,6)8-2)13-12-15(3)10-9-11-16(4)14-18(26)21-19-22-24-25-23-19/h7,9-14H,8H2,1-6H3,(H2,21,22,23,24,25,26)/b11-9+,13-12+,15-10+,16-14-,17-7+. The molecule has 0 saturated heterocycles. The van der Waals surface area contributed by atoms with Crippen LogP contribution in [-0.2, 0) is 4.79 Å². The minimum Gasteiger partial charge on any atom is -0.288 e. The van der Waals surface area contributed by atoms with Gasteiger partial charge in [0.25, 0.3) is 11.9 Å². The van der Waals surface area contributed by atoms with Gasteiger partial charge in [-0.1, -0.05) is 67.9 Å². The summed E-state index contributed by atoms with van der Waals surface area (Å²) in [6.45, 7) is 12.7. The third kappa shape index (κ3) is 7.42. The Bertz CT molecular complexity index is 734. The molecule has 1 aromatic heterocycles. The molecular weight excluding hydrogens is 326 g/mol. The predicted molar refractivity (Wildman–Crippen MR) is 106 cm³/mol. The second kappa shape index (κ2) is 10.3. The molecule has 0 unspecified atom stereocenters. The molecule has 1 heterocycles. The van der Waals surface area contributed by atoms with Crippen molar-refractivity contribution in [2.75, 3.05) is 5.32 Å². The third-order valence-corrected chi connectivity index (χ3v) is 4.16. The van der Waals surface area contributed by atoms with E-state index in [1.165, 1.54) is 11.6 Å². The monoisotopic (exact) mass is 355 g/mol. The van der Waals surface area contributed by atoms with Gasteiger partial charge in [0.1, 0.15) is 0 Å². The first-order valence-electron chi connectivity index (χ1n) is 8.71. The molecule has 6 nitrogen and oxygen atoms in total. The molecule has 0 aliphatic rings. The number of nitrogens with one attached hydrogen (secondary N) is 2. The van der Waals surface area contributed by atoms with E-state index in [1.807, 2.05) is 25.2 Å². The maximum atomic E-state index is 11.8. The fourth-order valence-corrected chi connectivity index (χ4v) is 2.16. The molecule has 0 aromatic carbocycles. The fraction of sp³-hybridized carbons (Fsp3) is 0.400. The van der Waals surface area contributed by atoms with Crippen molar-refractivity contribution in [3.63, 3.8) is 0 Å².